The number of alkyl halides is 1. The van der Waals surface area contributed by atoms with Gasteiger partial charge in [-0.3, -0.25) is 9.59 Å². The molecular formula is C16H20ClN5O5S2. The minimum Gasteiger partial charge on any atom is -0.461 e. The summed E-state index contributed by atoms with van der Waals surface area (Å²) in [6, 6.07) is 0. The number of rotatable bonds is 4. The van der Waals surface area contributed by atoms with Crippen molar-refractivity contribution in [2.24, 2.45) is 12.5 Å². The van der Waals surface area contributed by atoms with Crippen LogP contribution in [0.25, 0.3) is 0 Å². The molecule has 3 atom stereocenters. The zero-order valence-corrected chi connectivity index (χ0v) is 18.8. The lowest BCUT2D eigenvalue weighted by molar-refractivity contribution is -0.140. The Labute approximate surface area is 178 Å². The minimum absolute atomic E-state index is 0.00676. The molecule has 0 radical (unpaired) electrons. The van der Waals surface area contributed by atoms with Crippen molar-refractivity contribution < 1.29 is 22.7 Å². The van der Waals surface area contributed by atoms with E-state index in [0.29, 0.717) is 0 Å². The van der Waals surface area contributed by atoms with E-state index in [4.69, 9.17) is 28.6 Å². The zero-order chi connectivity index (χ0) is 21.9. The van der Waals surface area contributed by atoms with Crippen LogP contribution in [0.5, 0.6) is 0 Å². The number of nitrogens with zero attached hydrogens (tertiary/aromatic N) is 5. The molecule has 1 aromatic heterocycles. The number of tetrazole rings is 1. The number of aryl methyl sites for hydroxylation is 1. The molecule has 1 saturated heterocycles. The Morgan fingerprint density at radius 3 is 2.41 bits per heavy atom. The molecule has 0 amide bonds. The summed E-state index contributed by atoms with van der Waals surface area (Å²) in [6.45, 7) is 5.85. The lowest BCUT2D eigenvalue weighted by Gasteiger charge is -2.52. The standard InChI is InChI=1S/C16H20ClN5O5S2/c1-7(23)27-6-8-10(12(24)16(2,3)4)22-14(28)9(17)15(22)29(25,26)11(8)13-18-19-20-21(13)5/h9,11,15H,6H2,1-5H3/t9-,11?,15+/m0/s1. The number of fused-ring (bicyclic) bond motifs is 1. The lowest BCUT2D eigenvalue weighted by atomic mass is 9.85. The van der Waals surface area contributed by atoms with Crippen molar-refractivity contribution in [1.82, 2.24) is 25.1 Å². The lowest BCUT2D eigenvalue weighted by Crippen LogP contribution is -2.68. The Bertz CT molecular complexity index is 1040. The largest absolute Gasteiger partial charge is 0.461 e. The third-order valence-corrected chi connectivity index (χ3v) is 8.20. The third-order valence-electron chi connectivity index (χ3n) is 4.72. The van der Waals surface area contributed by atoms with Crippen LogP contribution in [0.4, 0.5) is 0 Å². The van der Waals surface area contributed by atoms with Gasteiger partial charge in [0.1, 0.15) is 17.0 Å². The van der Waals surface area contributed by atoms with E-state index in [1.165, 1.54) is 23.6 Å². The van der Waals surface area contributed by atoms with E-state index in [2.05, 4.69) is 15.5 Å². The monoisotopic (exact) mass is 461 g/mol. The summed E-state index contributed by atoms with van der Waals surface area (Å²) in [7, 11) is -2.58. The number of carbonyl (C=O) groups excluding carboxylic acids is 2. The molecule has 3 rings (SSSR count). The number of esters is 1. The van der Waals surface area contributed by atoms with E-state index >= 15 is 0 Å². The molecule has 0 aliphatic carbocycles. The number of hydrogen-bond donors (Lipinski definition) is 0. The van der Waals surface area contributed by atoms with E-state index in [9.17, 15) is 18.0 Å². The number of ketones is 1. The summed E-state index contributed by atoms with van der Waals surface area (Å²) in [4.78, 5) is 26.2. The Morgan fingerprint density at radius 1 is 1.31 bits per heavy atom. The number of allylic oxidation sites excluding steroid dienone is 1. The minimum atomic E-state index is -4.06. The molecule has 1 aromatic rings. The molecule has 1 fully saturated rings. The summed E-state index contributed by atoms with van der Waals surface area (Å²) < 4.78 is 33.3. The normalized spacial score (nSPS) is 26.1. The van der Waals surface area contributed by atoms with Crippen LogP contribution in [-0.4, -0.2) is 67.6 Å². The number of thiocarbonyl (C=S) groups is 1. The van der Waals surface area contributed by atoms with Gasteiger partial charge < -0.3 is 9.64 Å². The fourth-order valence-electron chi connectivity index (χ4n) is 3.29. The molecule has 3 heterocycles. The molecule has 0 spiro atoms. The highest BCUT2D eigenvalue weighted by Gasteiger charge is 2.62. The van der Waals surface area contributed by atoms with Crippen molar-refractivity contribution in [3.05, 3.63) is 17.1 Å². The fourth-order valence-corrected chi connectivity index (χ4v) is 6.75. The Kier molecular flexibility index (Phi) is 5.33. The van der Waals surface area contributed by atoms with E-state index in [1.807, 2.05) is 0 Å². The molecule has 13 heteroatoms. The van der Waals surface area contributed by atoms with Crippen molar-refractivity contribution in [2.45, 2.75) is 43.7 Å². The maximum Gasteiger partial charge on any atom is 0.302 e. The Hall–Kier alpha value is -1.92. The number of sulfone groups is 1. The van der Waals surface area contributed by atoms with Crippen LogP contribution in [0.1, 0.15) is 38.8 Å². The van der Waals surface area contributed by atoms with Crippen molar-refractivity contribution in [1.29, 1.82) is 0 Å². The van der Waals surface area contributed by atoms with Gasteiger partial charge in [-0.2, -0.15) is 0 Å². The number of halogens is 1. The average Bonchev–Trinajstić information content (AvgIpc) is 3.01. The molecule has 2 aliphatic heterocycles. The molecule has 29 heavy (non-hydrogen) atoms. The van der Waals surface area contributed by atoms with Crippen molar-refractivity contribution in [2.75, 3.05) is 6.61 Å². The Balaban J connectivity index is 2.34. The van der Waals surface area contributed by atoms with E-state index in [1.54, 1.807) is 20.8 Å². The van der Waals surface area contributed by atoms with Crippen LogP contribution >= 0.6 is 23.8 Å². The summed E-state index contributed by atoms with van der Waals surface area (Å²) in [5.74, 6) is -0.992. The van der Waals surface area contributed by atoms with Crippen molar-refractivity contribution >= 4 is 50.4 Å². The van der Waals surface area contributed by atoms with E-state index in [-0.39, 0.29) is 27.9 Å². The van der Waals surface area contributed by atoms with Gasteiger partial charge in [-0.1, -0.05) is 33.0 Å². The maximum atomic E-state index is 13.5. The smallest absolute Gasteiger partial charge is 0.302 e. The fraction of sp³-hybridized carbons (Fsp3) is 0.625. The second-order valence-electron chi connectivity index (χ2n) is 7.86. The van der Waals surface area contributed by atoms with Gasteiger partial charge in [-0.05, 0) is 10.4 Å². The molecule has 10 nitrogen and oxygen atoms in total. The molecule has 1 unspecified atom stereocenters. The SMILES string of the molecule is CC(=O)OCC1=C(C(=O)C(C)(C)C)N2C(=S)[C@H](Cl)[C@H]2S(=O)(=O)C1c1nnnn1C. The highest BCUT2D eigenvalue weighted by atomic mass is 35.5. The first-order valence-electron chi connectivity index (χ1n) is 8.63. The van der Waals surface area contributed by atoms with Crippen LogP contribution in [0, 0.1) is 5.41 Å². The first kappa shape index (κ1) is 21.8. The number of Topliss-reactive ketones (excluding diaryl/α,β-unsaturated/α-hetero) is 1. The van der Waals surface area contributed by atoms with Crippen LogP contribution in [0.2, 0.25) is 0 Å². The van der Waals surface area contributed by atoms with Gasteiger partial charge in [-0.25, -0.2) is 13.1 Å². The highest BCUT2D eigenvalue weighted by Crippen LogP contribution is 2.49. The van der Waals surface area contributed by atoms with Gasteiger partial charge in [0.15, 0.2) is 32.1 Å². The van der Waals surface area contributed by atoms with Crippen LogP contribution in [0.3, 0.4) is 0 Å². The van der Waals surface area contributed by atoms with Gasteiger partial charge in [0, 0.05) is 25.0 Å². The van der Waals surface area contributed by atoms with Crippen LogP contribution in [-0.2, 0) is 31.2 Å². The van der Waals surface area contributed by atoms with Gasteiger partial charge >= 0.3 is 5.97 Å². The summed E-state index contributed by atoms with van der Waals surface area (Å²) in [5, 5.41) is 7.44. The topological polar surface area (TPSA) is 124 Å². The van der Waals surface area contributed by atoms with Crippen molar-refractivity contribution in [3.63, 3.8) is 0 Å². The van der Waals surface area contributed by atoms with Gasteiger partial charge in [0.05, 0.1) is 5.70 Å². The predicted octanol–water partition coefficient (Wildman–Crippen LogP) is 0.688. The van der Waals surface area contributed by atoms with Gasteiger partial charge in [-0.15, -0.1) is 16.7 Å². The predicted molar refractivity (Wildman–Crippen MR) is 106 cm³/mol. The van der Waals surface area contributed by atoms with Crippen LogP contribution < -0.4 is 0 Å². The number of aromatic nitrogens is 4. The van der Waals surface area contributed by atoms with E-state index in [0.717, 1.165) is 0 Å². The first-order valence-corrected chi connectivity index (χ1v) is 11.1. The first-order chi connectivity index (χ1) is 13.3. The van der Waals surface area contributed by atoms with E-state index < -0.39 is 43.8 Å². The maximum absolute atomic E-state index is 13.5. The molecule has 0 aromatic carbocycles. The number of hydrogen-bond acceptors (Lipinski definition) is 9. The van der Waals surface area contributed by atoms with Crippen LogP contribution in [0.15, 0.2) is 11.3 Å². The molecule has 158 valence electrons. The van der Waals surface area contributed by atoms with Gasteiger partial charge in [0.2, 0.25) is 0 Å². The molecule has 0 N–H and O–H groups in total. The zero-order valence-electron chi connectivity index (χ0n) is 16.4. The molecule has 0 bridgehead atoms. The van der Waals surface area contributed by atoms with Crippen molar-refractivity contribution in [3.8, 4) is 0 Å². The number of carbonyl (C=O) groups is 2. The second kappa shape index (κ2) is 7.10. The molecule has 2 aliphatic rings. The quantitative estimate of drug-likeness (QED) is 0.359. The highest BCUT2D eigenvalue weighted by molar-refractivity contribution is 7.93. The van der Waals surface area contributed by atoms with Gasteiger partial charge in [0.25, 0.3) is 0 Å². The average molecular weight is 462 g/mol. The summed E-state index contributed by atoms with van der Waals surface area (Å²) in [6.07, 6.45) is 0. The summed E-state index contributed by atoms with van der Waals surface area (Å²) >= 11 is 11.5. The number of ether oxygens (including phenoxy) is 1. The molecular weight excluding hydrogens is 442 g/mol. The molecule has 0 saturated carbocycles. The third kappa shape index (κ3) is 3.36. The Morgan fingerprint density at radius 2 is 1.93 bits per heavy atom. The second-order valence-corrected chi connectivity index (χ2v) is 10.9. The summed E-state index contributed by atoms with van der Waals surface area (Å²) in [5.41, 5.74) is -0.744.